The molecule has 0 atom stereocenters. The molecule has 0 spiro atoms. The molecule has 0 saturated heterocycles. The Bertz CT molecular complexity index is 6620. The predicted molar refractivity (Wildman–Crippen MR) is 467 cm³/mol. The van der Waals surface area contributed by atoms with Crippen molar-refractivity contribution in [1.82, 2.24) is 44.9 Å². The summed E-state index contributed by atoms with van der Waals surface area (Å²) in [6, 6.07) is 90.9. The van der Waals surface area contributed by atoms with Gasteiger partial charge in [0.25, 0.3) is 0 Å². The van der Waals surface area contributed by atoms with E-state index in [1.807, 2.05) is 225 Å². The molecule has 9 nitrogen and oxygen atoms in total. The van der Waals surface area contributed by atoms with Crippen LogP contribution in [0.4, 0.5) is 0 Å². The van der Waals surface area contributed by atoms with Gasteiger partial charge in [-0.2, -0.15) is 0 Å². The van der Waals surface area contributed by atoms with Crippen molar-refractivity contribution in [1.29, 1.82) is 0 Å². The van der Waals surface area contributed by atoms with E-state index in [0.29, 0.717) is 36.3 Å². The third-order valence-electron chi connectivity index (χ3n) is 20.3. The summed E-state index contributed by atoms with van der Waals surface area (Å²) in [5, 5.41) is 35.2. The lowest BCUT2D eigenvalue weighted by molar-refractivity contribution is 1.35. The second kappa shape index (κ2) is 28.2. The maximum atomic E-state index is 7.84. The van der Waals surface area contributed by atoms with Crippen LogP contribution in [0.3, 0.4) is 0 Å². The van der Waals surface area contributed by atoms with E-state index in [1.165, 1.54) is 48.5 Å². The summed E-state index contributed by atoms with van der Waals surface area (Å²) in [7, 11) is 0. The normalized spacial score (nSPS) is 12.6. The molecule has 0 amide bonds. The van der Waals surface area contributed by atoms with Gasteiger partial charge in [0.15, 0.2) is 0 Å². The number of pyridine rings is 9. The van der Waals surface area contributed by atoms with E-state index in [9.17, 15) is 0 Å². The average Bonchev–Trinajstić information content (AvgIpc) is 0.780. The van der Waals surface area contributed by atoms with Crippen LogP contribution in [0.1, 0.15) is 26.0 Å². The average molecular weight is 1410 g/mol. The molecule has 108 heavy (non-hydrogen) atoms. The lowest BCUT2D eigenvalue weighted by atomic mass is 9.96. The minimum Gasteiger partial charge on any atom is -0.264 e. The Hall–Kier alpha value is -14.7. The summed E-state index contributed by atoms with van der Waals surface area (Å²) < 4.78 is 107. The van der Waals surface area contributed by atoms with Crippen LogP contribution in [-0.4, -0.2) is 44.9 Å². The van der Waals surface area contributed by atoms with Gasteiger partial charge in [-0.3, -0.25) is 44.9 Å². The number of benzene rings is 15. The maximum Gasteiger partial charge on any atom is 0.0970 e. The zero-order chi connectivity index (χ0) is 88.9. The van der Waals surface area contributed by atoms with Crippen molar-refractivity contribution in [3.63, 3.8) is 0 Å². The van der Waals surface area contributed by atoms with Gasteiger partial charge in [-0.15, -0.1) is 0 Å². The van der Waals surface area contributed by atoms with Gasteiger partial charge in [-0.25, -0.2) is 0 Å². The fourth-order valence-electron chi connectivity index (χ4n) is 15.6. The molecular formula is C99H75N9. The van der Waals surface area contributed by atoms with Crippen molar-refractivity contribution in [3.05, 3.63) is 384 Å². The quantitative estimate of drug-likeness (QED) is 0.137. The van der Waals surface area contributed by atoms with E-state index in [4.69, 9.17) is 26.0 Å². The molecule has 9 heteroatoms. The van der Waals surface area contributed by atoms with Crippen molar-refractivity contribution in [2.45, 2.75) is 0 Å². The van der Waals surface area contributed by atoms with Gasteiger partial charge >= 0.3 is 0 Å². The van der Waals surface area contributed by atoms with Gasteiger partial charge in [-0.1, -0.05) is 249 Å². The summed E-state index contributed by atoms with van der Waals surface area (Å²) >= 11 is 0. The molecule has 0 N–H and O–H groups in total. The highest BCUT2D eigenvalue weighted by atomic mass is 14.7. The first kappa shape index (κ1) is 52.3. The van der Waals surface area contributed by atoms with Crippen LogP contribution >= 0.6 is 0 Å². The number of nitrogens with zero attached hydrogens (tertiary/aromatic N) is 9. The molecule has 9 heterocycles. The minimum atomic E-state index is 0.515. The Morgan fingerprint density at radius 2 is 0.315 bits per heavy atom. The lowest BCUT2D eigenvalue weighted by Gasteiger charge is -2.09. The van der Waals surface area contributed by atoms with Gasteiger partial charge in [-0.05, 0) is 162 Å². The highest BCUT2D eigenvalue weighted by molar-refractivity contribution is 6.29. The van der Waals surface area contributed by atoms with E-state index in [2.05, 4.69) is 130 Å². The van der Waals surface area contributed by atoms with Gasteiger partial charge in [0.1, 0.15) is 0 Å². The fourth-order valence-corrected chi connectivity index (χ4v) is 15.6. The Balaban J connectivity index is 0.000000126. The first-order valence-corrected chi connectivity index (χ1v) is 35.6. The van der Waals surface area contributed by atoms with E-state index in [0.717, 1.165) is 146 Å². The number of hydrogen-bond donors (Lipinski definition) is 0. The first-order chi connectivity index (χ1) is 62.1. The Morgan fingerprint density at radius 1 is 0.148 bits per heavy atom. The Morgan fingerprint density at radius 3 is 0.630 bits per heavy atom. The summed E-state index contributed by atoms with van der Waals surface area (Å²) in [5.41, 5.74) is 4.75. The first-order valence-electron chi connectivity index (χ1n) is 44.6. The van der Waals surface area contributed by atoms with Crippen molar-refractivity contribution in [3.8, 4) is 0 Å². The Labute approximate surface area is 646 Å². The molecule has 0 bridgehead atoms. The molecule has 0 aliphatic heterocycles. The summed E-state index contributed by atoms with van der Waals surface area (Å²) in [5.74, 6) is 0. The summed E-state index contributed by atoms with van der Waals surface area (Å²) in [4.78, 5) is 39.4. The van der Waals surface area contributed by atoms with Crippen molar-refractivity contribution >= 4 is 195 Å². The second-order valence-electron chi connectivity index (χ2n) is 26.1. The molecule has 516 valence electrons. The van der Waals surface area contributed by atoms with Crippen LogP contribution in [-0.2, 0) is 0 Å². The number of hydrogen-bond acceptors (Lipinski definition) is 9. The third kappa shape index (κ3) is 11.4. The molecule has 24 aromatic rings. The SMILES string of the molecule is [2H][2H].[2H][2H].[2H][2H].[2H][2H].[2H][2H].[2H][2H].[2H]c1ccc2c(c1)c1cccnc1c1cnccc21.[2H]c1ccc2c(c1)c1cccnc1c1ncccc21.[2H]c1ccc2c3ccccc3c3cccnc3c2c1.[2H]c1ccc2c3ccccc3c3ccncc3c2c1.[2H]c1ccc2c3ccccc3c3ncccc3c2c1.[2H]c1ccc2c3ccncc3c3cnccc3c2c1. The van der Waals surface area contributed by atoms with Gasteiger partial charge in [0.2, 0.25) is 0 Å². The number of fused-ring (bicyclic) bond motifs is 36. The monoisotopic (exact) mass is 1410 g/mol. The molecule has 24 rings (SSSR count). The van der Waals surface area contributed by atoms with E-state index >= 15 is 0 Å². The van der Waals surface area contributed by atoms with E-state index in [-0.39, 0.29) is 0 Å². The standard InChI is InChI=1S/3C17H11N.3C16H10N2.6H2/c2*1-2-7-14-12(6-1)13-8-3-4-9-15(13)17-16(14)10-5-11-18-17;1-2-7-14-12(5-1)13-6-3-4-8-15(13)17-11-18-10-9-16(14)17;1-2-6-12-11(5-1)13-7-3-9-17-15(13)16-14(12)8-4-10-18-16;1-2-5-12-11(4-1)13-7-9-17-10-15(13)16-14(12)6-3-8-18-16;1-2-4-12-11(3-1)13-5-7-17-9-15(13)16-10-18-8-6-14(12)16;;;;;;/h3*1-11H;3*1-10H;6*1H/i4D;2D;4D;1D;2D;1D;6*1+1D. The zero-order valence-electron chi connectivity index (χ0n) is 75.9. The fraction of sp³-hybridized carbons (Fsp3) is 0. The van der Waals surface area contributed by atoms with Gasteiger partial charge < -0.3 is 0 Å². The lowest BCUT2D eigenvalue weighted by Crippen LogP contribution is -1.87. The molecule has 0 aliphatic carbocycles. The molecular weight excluding hydrogens is 1320 g/mol. The molecule has 0 saturated carbocycles. The van der Waals surface area contributed by atoms with Crippen molar-refractivity contribution < 1.29 is 26.0 Å². The Kier molecular flexibility index (Phi) is 13.6. The maximum absolute atomic E-state index is 7.84. The highest BCUT2D eigenvalue weighted by Crippen LogP contribution is 2.40. The molecule has 9 aromatic heterocycles. The van der Waals surface area contributed by atoms with Crippen molar-refractivity contribution in [2.75, 3.05) is 0 Å². The molecule has 0 unspecified atom stereocenters. The molecule has 0 aliphatic rings. The highest BCUT2D eigenvalue weighted by Gasteiger charge is 2.14. The van der Waals surface area contributed by atoms with Gasteiger partial charge in [0.05, 0.1) is 35.8 Å². The number of aromatic nitrogens is 9. The topological polar surface area (TPSA) is 116 Å². The van der Waals surface area contributed by atoms with Crippen LogP contribution in [0, 0.1) is 0 Å². The molecule has 15 aromatic carbocycles. The minimum absolute atomic E-state index is 0.515. The van der Waals surface area contributed by atoms with Crippen LogP contribution in [0.15, 0.2) is 384 Å². The largest absolute Gasteiger partial charge is 0.264 e. The van der Waals surface area contributed by atoms with Crippen LogP contribution in [0.25, 0.3) is 195 Å². The second-order valence-corrected chi connectivity index (χ2v) is 26.1. The molecule has 0 radical (unpaired) electrons. The summed E-state index contributed by atoms with van der Waals surface area (Å²) in [6.45, 7) is 0. The predicted octanol–water partition coefficient (Wildman–Crippen LogP) is 26.9. The van der Waals surface area contributed by atoms with Crippen LogP contribution < -0.4 is 0 Å². The van der Waals surface area contributed by atoms with Crippen molar-refractivity contribution in [2.24, 2.45) is 0 Å². The molecule has 0 fully saturated rings. The van der Waals surface area contributed by atoms with E-state index < -0.39 is 0 Å². The van der Waals surface area contributed by atoms with Crippen LogP contribution in [0.5, 0.6) is 0 Å². The van der Waals surface area contributed by atoms with Crippen LogP contribution in [0.2, 0.25) is 0 Å². The zero-order valence-corrected chi connectivity index (χ0v) is 57.9. The summed E-state index contributed by atoms with van der Waals surface area (Å²) in [6.07, 6.45) is 23.7. The van der Waals surface area contributed by atoms with Gasteiger partial charge in [0, 0.05) is 158 Å². The van der Waals surface area contributed by atoms with E-state index in [1.54, 1.807) is 37.2 Å². The third-order valence-corrected chi connectivity index (χ3v) is 20.3. The number of rotatable bonds is 0. The smallest absolute Gasteiger partial charge is 0.0970 e.